The van der Waals surface area contributed by atoms with Gasteiger partial charge in [-0.25, -0.2) is 30.8 Å². The molecular weight excluding hydrogens is 1790 g/mol. The molecule has 0 spiro atoms. The van der Waals surface area contributed by atoms with E-state index in [1.54, 1.807) is 59.3 Å². The number of aromatic amines is 1. The Morgan fingerprint density at radius 2 is 0.871 bits per heavy atom. The van der Waals surface area contributed by atoms with Crippen LogP contribution in [0, 0.1) is 36.5 Å². The minimum Gasteiger partial charge on any atom is -0.478 e. The molecule has 9 heterocycles. The number of benzene rings is 5. The number of aromatic nitrogens is 4. The minimum atomic E-state index is -4.92. The highest BCUT2D eigenvalue weighted by Crippen LogP contribution is 2.43. The Morgan fingerprint density at radius 1 is 0.516 bits per heavy atom. The number of Topliss-reactive ketones (excluding diaryl/α,β-unsaturated/α-hetero) is 3. The number of aromatic carboxylic acids is 1. The van der Waals surface area contributed by atoms with Crippen LogP contribution < -0.4 is 5.73 Å². The molecule has 5 unspecified atom stereocenters. The van der Waals surface area contributed by atoms with Crippen molar-refractivity contribution in [1.29, 1.82) is 0 Å². The van der Waals surface area contributed by atoms with E-state index >= 15 is 0 Å². The number of halogens is 16. The van der Waals surface area contributed by atoms with Crippen molar-refractivity contribution < 1.29 is 116 Å². The molecule has 2 saturated carbocycles. The molecule has 4 aromatic heterocycles. The number of nitrogens with two attached hydrogens (primary N) is 1. The van der Waals surface area contributed by atoms with Crippen molar-refractivity contribution >= 4 is 145 Å². The monoisotopic (exact) mass is 1890 g/mol. The summed E-state index contributed by atoms with van der Waals surface area (Å²) in [7, 11) is 1.54. The van der Waals surface area contributed by atoms with Gasteiger partial charge in [-0.2, -0.15) is 26.3 Å². The van der Waals surface area contributed by atoms with E-state index in [0.29, 0.717) is 82.8 Å². The summed E-state index contributed by atoms with van der Waals surface area (Å²) in [5.41, 5.74) is 6.69. The zero-order valence-electron chi connectivity index (χ0n) is 67.5. The average Bonchev–Trinajstić information content (AvgIpc) is 1.63. The van der Waals surface area contributed by atoms with Crippen LogP contribution in [0.4, 0.5) is 43.9 Å². The first-order chi connectivity index (χ1) is 57.6. The van der Waals surface area contributed by atoms with Gasteiger partial charge in [-0.1, -0.05) is 109 Å². The van der Waals surface area contributed by atoms with Gasteiger partial charge in [0.25, 0.3) is 20.6 Å². The van der Waals surface area contributed by atoms with Gasteiger partial charge in [0, 0.05) is 196 Å². The first-order valence-electron chi connectivity index (χ1n) is 40.0. The SMILES string of the molecule is C.CCC1CCOC1.Cc1ccc(S(=O)(=O)Cl)cc1.Cl.NCC1(O)CCC(F)(F)CC1.O=C(CCC1(O)CCC(F)(F)CC1)c1cn(CC2CCOC2)c2cccc(Cl)c12.O=C(O)c1cn(CC2CCOC2)c2cccc(Cl)c12.O=C(c1c[nH]c2cccc(Cl)c12)C(F)(F)F.O=C(c1cn(CC2CCOC2)c2cccc(Cl)c12)C(F)(F)F.OCC1CCOC1. The molecule has 0 amide bonds. The standard InChI is InChI=1S/C22H26ClF2NO3.C15H13ClF3NO2.C14H14ClNO3.C10H5ClF3NO.C7H7ClO2S.C7H13F2NO.C6H12O.C5H10O2.CH4.ClH/c23-17-2-1-3-18-20(17)16(13-26(18)12-15-5-11-29-14-15)19(27)4-6-21(28)7-9-22(24,25)10-8-21;16-11-2-1-3-12-13(11)10(14(21)15(17,18)19)7-20(12)6-9-4-5-22-8-9;15-11-2-1-3-12-13(11)10(14(17)18)7-16(12)6-9-4-5-19-8-9;11-6-2-1-3-7-8(6)5(4-15-7)9(16)10(12,13)14;1-6-2-4-7(5-3-6)11(8,9)10;8-7(9)3-1-6(11,5-10)2-4-7;1-2-6-3-4-7-5-6;6-3-5-1-2-7-4-5;;/h1-3,13,15,28H,4-12,14H2;1-3,7,9H,4-6,8H2;1-3,7,9H,4-6,8H2,(H,17,18);1-4,15H;2-5H,1H3;11H,1-5,10H2;6H,2-5H2,1H3;5-6H,1-4H2;1H4;1H. The van der Waals surface area contributed by atoms with E-state index in [0.717, 1.165) is 119 Å². The smallest absolute Gasteiger partial charge is 0.454 e. The van der Waals surface area contributed by atoms with E-state index in [9.17, 15) is 86.8 Å². The van der Waals surface area contributed by atoms with Gasteiger partial charge in [-0.15, -0.1) is 12.4 Å². The Labute approximate surface area is 743 Å². The van der Waals surface area contributed by atoms with Gasteiger partial charge in [0.2, 0.25) is 11.8 Å². The van der Waals surface area contributed by atoms with Crippen molar-refractivity contribution in [3.05, 3.63) is 170 Å². The first kappa shape index (κ1) is 104. The van der Waals surface area contributed by atoms with Gasteiger partial charge in [0.05, 0.1) is 95.9 Å². The molecule has 37 heteroatoms. The van der Waals surface area contributed by atoms with E-state index in [1.807, 2.05) is 42.0 Å². The summed E-state index contributed by atoms with van der Waals surface area (Å²) in [6, 6.07) is 26.8. The quantitative estimate of drug-likeness (QED) is 0.0281. The first-order valence-corrected chi connectivity index (χ1v) is 43.9. The van der Waals surface area contributed by atoms with Crippen LogP contribution in [0.3, 0.4) is 0 Å². The normalized spacial score (nSPS) is 20.4. The van der Waals surface area contributed by atoms with Gasteiger partial charge < -0.3 is 68.5 Å². The number of aliphatic hydroxyl groups excluding tert-OH is 1. The maximum atomic E-state index is 13.4. The van der Waals surface area contributed by atoms with Gasteiger partial charge in [0.15, 0.2) is 5.78 Å². The number of nitrogens with zero attached hydrogens (tertiary/aromatic N) is 3. The number of ketones is 3. The third kappa shape index (κ3) is 29.4. The van der Waals surface area contributed by atoms with E-state index in [4.69, 9.17) is 91.6 Å². The Hall–Kier alpha value is -6.63. The summed E-state index contributed by atoms with van der Waals surface area (Å²) in [6.07, 6.45) is 1.92. The topological polar surface area (TPSA) is 286 Å². The van der Waals surface area contributed by atoms with Crippen molar-refractivity contribution in [2.75, 3.05) is 79.2 Å². The van der Waals surface area contributed by atoms with Crippen molar-refractivity contribution in [3.8, 4) is 0 Å². The molecule has 686 valence electrons. The third-order valence-corrected chi connectivity index (χ3v) is 25.0. The van der Waals surface area contributed by atoms with E-state index < -0.39 is 73.1 Å². The van der Waals surface area contributed by atoms with Crippen molar-refractivity contribution in [1.82, 2.24) is 18.7 Å². The van der Waals surface area contributed by atoms with Gasteiger partial charge >= 0.3 is 18.3 Å². The third-order valence-electron chi connectivity index (χ3n) is 22.4. The number of carboxylic acid groups (broad SMARTS) is 1. The van der Waals surface area contributed by atoms with Gasteiger partial charge in [-0.05, 0) is 138 Å². The van der Waals surface area contributed by atoms with Crippen LogP contribution in [-0.4, -0.2) is 185 Å². The van der Waals surface area contributed by atoms with Crippen molar-refractivity contribution in [2.45, 2.75) is 184 Å². The predicted molar refractivity (Wildman–Crippen MR) is 461 cm³/mol. The molecule has 7 N–H and O–H groups in total. The Morgan fingerprint density at radius 3 is 1.23 bits per heavy atom. The van der Waals surface area contributed by atoms with Crippen LogP contribution in [0.25, 0.3) is 43.6 Å². The van der Waals surface area contributed by atoms with Crippen LogP contribution in [0.2, 0.25) is 20.1 Å². The number of carbonyl (C=O) groups is 4. The highest BCUT2D eigenvalue weighted by atomic mass is 35.7. The molecule has 7 aliphatic rings. The number of nitrogens with one attached hydrogen (secondary N) is 1. The highest BCUT2D eigenvalue weighted by Gasteiger charge is 2.45. The summed E-state index contributed by atoms with van der Waals surface area (Å²) in [6.45, 7) is 14.3. The predicted octanol–water partition coefficient (Wildman–Crippen LogP) is 21.2. The van der Waals surface area contributed by atoms with Crippen LogP contribution >= 0.6 is 69.5 Å². The molecule has 124 heavy (non-hydrogen) atoms. The molecular formula is C87H105Cl6F10N5O15S. The number of aliphatic hydroxyl groups is 3. The maximum Gasteiger partial charge on any atom is 0.454 e. The Kier molecular flexibility index (Phi) is 39.2. The van der Waals surface area contributed by atoms with Crippen LogP contribution in [-0.2, 0) is 52.4 Å². The van der Waals surface area contributed by atoms with Crippen LogP contribution in [0.15, 0.2) is 127 Å². The molecule has 5 aliphatic heterocycles. The fraction of sp³-hybridized carbons (Fsp3) is 0.517. The number of fused-ring (bicyclic) bond motifs is 4. The van der Waals surface area contributed by atoms with Gasteiger partial charge in [-0.3, -0.25) is 14.4 Å². The lowest BCUT2D eigenvalue weighted by molar-refractivity contribution is -0.105. The molecule has 5 atom stereocenters. The number of alkyl halides is 10. The second-order valence-electron chi connectivity index (χ2n) is 31.6. The zero-order valence-corrected chi connectivity index (χ0v) is 73.0. The number of hydrogen-bond acceptors (Lipinski definition) is 15. The molecule has 16 rings (SSSR count). The molecule has 5 aromatic carbocycles. The van der Waals surface area contributed by atoms with Crippen molar-refractivity contribution in [3.63, 3.8) is 0 Å². The molecule has 9 aromatic rings. The van der Waals surface area contributed by atoms with Crippen LogP contribution in [0.1, 0.15) is 164 Å². The lowest BCUT2D eigenvalue weighted by Gasteiger charge is -2.35. The summed E-state index contributed by atoms with van der Waals surface area (Å²) in [4.78, 5) is 49.8. The number of H-pyrrole nitrogens is 1. The number of rotatable bonds is 17. The lowest BCUT2D eigenvalue weighted by Crippen LogP contribution is -2.44. The number of aryl methyl sites for hydroxylation is 1. The highest BCUT2D eigenvalue weighted by molar-refractivity contribution is 8.13. The minimum absolute atomic E-state index is 0. The molecule has 0 radical (unpaired) electrons. The summed E-state index contributed by atoms with van der Waals surface area (Å²) in [5.74, 6) is -7.74. The number of hydrogen-bond donors (Lipinski definition) is 6. The molecule has 0 bridgehead atoms. The fourth-order valence-electron chi connectivity index (χ4n) is 15.0. The number of ether oxygens (including phenoxy) is 5. The lowest BCUT2D eigenvalue weighted by atomic mass is 9.79. The molecule has 20 nitrogen and oxygen atoms in total. The number of carbonyl (C=O) groups excluding carboxylic acids is 3. The van der Waals surface area contributed by atoms with E-state index in [-0.39, 0.29) is 134 Å². The zero-order chi connectivity index (χ0) is 89.1. The molecule has 2 aliphatic carbocycles. The summed E-state index contributed by atoms with van der Waals surface area (Å²) < 4.78 is 180. The average molecular weight is 1900 g/mol. The van der Waals surface area contributed by atoms with E-state index in [1.165, 1.54) is 43.3 Å². The summed E-state index contributed by atoms with van der Waals surface area (Å²) >= 11 is 24.3. The van der Waals surface area contributed by atoms with Crippen LogP contribution in [0.5, 0.6) is 0 Å². The molecule has 7 fully saturated rings. The maximum absolute atomic E-state index is 13.4. The second kappa shape index (κ2) is 46.6. The summed E-state index contributed by atoms with van der Waals surface area (Å²) in [5, 5.41) is 40.7. The van der Waals surface area contributed by atoms with Crippen molar-refractivity contribution in [2.24, 2.45) is 35.3 Å². The Balaban J connectivity index is 0.000000202. The Bertz CT molecular complexity index is 5060. The van der Waals surface area contributed by atoms with E-state index in [2.05, 4.69) is 16.5 Å². The largest absolute Gasteiger partial charge is 0.478 e. The molecule has 5 saturated heterocycles. The fourth-order valence-corrected chi connectivity index (χ4v) is 16.9. The number of carboxylic acids is 1. The van der Waals surface area contributed by atoms with Gasteiger partial charge in [0.1, 0.15) is 0 Å². The second-order valence-corrected chi connectivity index (χ2v) is 35.8.